The maximum atomic E-state index is 11.9. The zero-order valence-corrected chi connectivity index (χ0v) is 12.4. The van der Waals surface area contributed by atoms with E-state index in [2.05, 4.69) is 15.3 Å². The molecular formula is C13H12Cl2N4O. The van der Waals surface area contributed by atoms with Crippen molar-refractivity contribution in [3.8, 4) is 0 Å². The summed E-state index contributed by atoms with van der Waals surface area (Å²) in [7, 11) is 3.78. The summed E-state index contributed by atoms with van der Waals surface area (Å²) in [5.74, 6) is -0.372. The van der Waals surface area contributed by atoms with E-state index in [0.717, 1.165) is 5.69 Å². The number of carbonyl (C=O) groups excluding carboxylic acids is 1. The van der Waals surface area contributed by atoms with E-state index < -0.39 is 0 Å². The second-order valence-corrected chi connectivity index (χ2v) is 5.03. The van der Waals surface area contributed by atoms with E-state index in [0.29, 0.717) is 10.7 Å². The minimum atomic E-state index is -0.372. The van der Waals surface area contributed by atoms with Crippen molar-refractivity contribution in [3.63, 3.8) is 0 Å². The molecule has 2 aromatic rings. The predicted octanol–water partition coefficient (Wildman–Crippen LogP) is 3.10. The third-order valence-electron chi connectivity index (χ3n) is 2.54. The summed E-state index contributed by atoms with van der Waals surface area (Å²) in [6.07, 6.45) is 2.63. The van der Waals surface area contributed by atoms with Crippen molar-refractivity contribution in [2.24, 2.45) is 0 Å². The molecule has 0 bridgehead atoms. The van der Waals surface area contributed by atoms with E-state index >= 15 is 0 Å². The van der Waals surface area contributed by atoms with Gasteiger partial charge in [0.25, 0.3) is 5.91 Å². The number of halogens is 2. The van der Waals surface area contributed by atoms with Gasteiger partial charge in [-0.3, -0.25) is 4.79 Å². The third kappa shape index (κ3) is 3.37. The SMILES string of the molecule is CN(C)c1ccc(NC(=O)c2cnc(Cl)cn2)cc1Cl. The number of nitrogens with zero attached hydrogens (tertiary/aromatic N) is 3. The molecule has 1 N–H and O–H groups in total. The predicted molar refractivity (Wildman–Crippen MR) is 80.8 cm³/mol. The number of nitrogens with one attached hydrogen (secondary N) is 1. The van der Waals surface area contributed by atoms with Crippen LogP contribution in [0.25, 0.3) is 0 Å². The van der Waals surface area contributed by atoms with Crippen LogP contribution in [-0.4, -0.2) is 30.0 Å². The van der Waals surface area contributed by atoms with E-state index in [1.54, 1.807) is 12.1 Å². The second-order valence-electron chi connectivity index (χ2n) is 4.24. The van der Waals surface area contributed by atoms with Crippen LogP contribution in [0.1, 0.15) is 10.5 Å². The number of hydrogen-bond donors (Lipinski definition) is 1. The van der Waals surface area contributed by atoms with Crippen molar-refractivity contribution in [3.05, 3.63) is 46.5 Å². The van der Waals surface area contributed by atoms with E-state index in [-0.39, 0.29) is 16.8 Å². The summed E-state index contributed by atoms with van der Waals surface area (Å²) in [6.45, 7) is 0. The van der Waals surface area contributed by atoms with Gasteiger partial charge in [0.2, 0.25) is 0 Å². The zero-order chi connectivity index (χ0) is 14.7. The Bertz CT molecular complexity index is 629. The Balaban J connectivity index is 2.16. The van der Waals surface area contributed by atoms with Gasteiger partial charge in [0.05, 0.1) is 23.1 Å². The third-order valence-corrected chi connectivity index (χ3v) is 3.04. The van der Waals surface area contributed by atoms with Gasteiger partial charge in [-0.15, -0.1) is 0 Å². The standard InChI is InChI=1S/C13H12Cl2N4O/c1-19(2)11-4-3-8(5-9(11)14)18-13(20)10-6-17-12(15)7-16-10/h3-7H,1-2H3,(H,18,20). The quantitative estimate of drug-likeness (QED) is 0.946. The first-order valence-corrected chi connectivity index (χ1v) is 6.49. The second kappa shape index (κ2) is 6.07. The Morgan fingerprint density at radius 1 is 1.20 bits per heavy atom. The molecule has 104 valence electrons. The number of anilines is 2. The van der Waals surface area contributed by atoms with Crippen LogP contribution in [0.5, 0.6) is 0 Å². The molecule has 0 radical (unpaired) electrons. The molecule has 1 aromatic carbocycles. The zero-order valence-electron chi connectivity index (χ0n) is 10.9. The summed E-state index contributed by atoms with van der Waals surface area (Å²) in [5.41, 5.74) is 1.64. The molecule has 0 aliphatic carbocycles. The van der Waals surface area contributed by atoms with Crippen LogP contribution in [0, 0.1) is 0 Å². The van der Waals surface area contributed by atoms with Crippen molar-refractivity contribution < 1.29 is 4.79 Å². The first-order valence-electron chi connectivity index (χ1n) is 5.73. The highest BCUT2D eigenvalue weighted by Gasteiger charge is 2.10. The van der Waals surface area contributed by atoms with Crippen molar-refractivity contribution in [2.45, 2.75) is 0 Å². The fraction of sp³-hybridized carbons (Fsp3) is 0.154. The molecule has 0 atom stereocenters. The number of carbonyl (C=O) groups is 1. The Morgan fingerprint density at radius 3 is 2.50 bits per heavy atom. The smallest absolute Gasteiger partial charge is 0.275 e. The van der Waals surface area contributed by atoms with Gasteiger partial charge in [0.15, 0.2) is 0 Å². The molecule has 20 heavy (non-hydrogen) atoms. The highest BCUT2D eigenvalue weighted by atomic mass is 35.5. The molecule has 0 fully saturated rings. The lowest BCUT2D eigenvalue weighted by molar-refractivity contribution is 0.102. The molecule has 0 saturated heterocycles. The Kier molecular flexibility index (Phi) is 4.42. The molecule has 0 aliphatic rings. The summed E-state index contributed by atoms with van der Waals surface area (Å²) in [4.78, 5) is 21.5. The molecule has 2 rings (SSSR count). The molecule has 0 spiro atoms. The number of amides is 1. The maximum absolute atomic E-state index is 11.9. The summed E-state index contributed by atoms with van der Waals surface area (Å²) in [6, 6.07) is 5.27. The molecule has 1 heterocycles. The van der Waals surface area contributed by atoms with Gasteiger partial charge in [-0.1, -0.05) is 23.2 Å². The van der Waals surface area contributed by atoms with Crippen molar-refractivity contribution >= 4 is 40.5 Å². The minimum Gasteiger partial charge on any atom is -0.376 e. The van der Waals surface area contributed by atoms with Crippen LogP contribution in [0.2, 0.25) is 10.2 Å². The van der Waals surface area contributed by atoms with Gasteiger partial charge < -0.3 is 10.2 Å². The van der Waals surface area contributed by atoms with Gasteiger partial charge in [0.1, 0.15) is 10.8 Å². The van der Waals surface area contributed by atoms with Gasteiger partial charge in [-0.05, 0) is 18.2 Å². The topological polar surface area (TPSA) is 58.1 Å². The van der Waals surface area contributed by atoms with Crippen molar-refractivity contribution in [1.29, 1.82) is 0 Å². The van der Waals surface area contributed by atoms with Crippen LogP contribution in [0.4, 0.5) is 11.4 Å². The first kappa shape index (κ1) is 14.6. The summed E-state index contributed by atoms with van der Waals surface area (Å²) < 4.78 is 0. The average molecular weight is 311 g/mol. The number of rotatable bonds is 3. The first-order chi connectivity index (χ1) is 9.47. The van der Waals surface area contributed by atoms with E-state index in [4.69, 9.17) is 23.2 Å². The monoisotopic (exact) mass is 310 g/mol. The van der Waals surface area contributed by atoms with E-state index in [1.165, 1.54) is 12.4 Å². The van der Waals surface area contributed by atoms with Crippen LogP contribution >= 0.6 is 23.2 Å². The largest absolute Gasteiger partial charge is 0.376 e. The van der Waals surface area contributed by atoms with E-state index in [9.17, 15) is 4.79 Å². The number of hydrogen-bond acceptors (Lipinski definition) is 4. The summed E-state index contributed by atoms with van der Waals surface area (Å²) in [5, 5.41) is 3.48. The molecule has 1 amide bonds. The Hall–Kier alpha value is -1.85. The Morgan fingerprint density at radius 2 is 1.95 bits per heavy atom. The van der Waals surface area contributed by atoms with Gasteiger partial charge >= 0.3 is 0 Å². The van der Waals surface area contributed by atoms with Gasteiger partial charge in [0, 0.05) is 19.8 Å². The lowest BCUT2D eigenvalue weighted by Crippen LogP contribution is -2.14. The molecule has 1 aromatic heterocycles. The average Bonchev–Trinajstić information content (AvgIpc) is 2.39. The van der Waals surface area contributed by atoms with Crippen LogP contribution in [-0.2, 0) is 0 Å². The number of benzene rings is 1. The van der Waals surface area contributed by atoms with E-state index in [1.807, 2.05) is 25.1 Å². The van der Waals surface area contributed by atoms with Crippen LogP contribution in [0.15, 0.2) is 30.6 Å². The molecule has 5 nitrogen and oxygen atoms in total. The fourth-order valence-electron chi connectivity index (χ4n) is 1.57. The van der Waals surface area contributed by atoms with Crippen molar-refractivity contribution in [1.82, 2.24) is 9.97 Å². The minimum absolute atomic E-state index is 0.183. The van der Waals surface area contributed by atoms with Crippen LogP contribution in [0.3, 0.4) is 0 Å². The Labute approximate surface area is 126 Å². The van der Waals surface area contributed by atoms with Crippen LogP contribution < -0.4 is 10.2 Å². The van der Waals surface area contributed by atoms with Gasteiger partial charge in [-0.25, -0.2) is 9.97 Å². The maximum Gasteiger partial charge on any atom is 0.275 e. The normalized spacial score (nSPS) is 10.2. The lowest BCUT2D eigenvalue weighted by Gasteiger charge is -2.15. The fourth-order valence-corrected chi connectivity index (χ4v) is 2.02. The number of aromatic nitrogens is 2. The highest BCUT2D eigenvalue weighted by molar-refractivity contribution is 6.33. The molecule has 0 saturated carbocycles. The molecular weight excluding hydrogens is 299 g/mol. The molecule has 0 aliphatic heterocycles. The molecule has 0 unspecified atom stereocenters. The molecule has 7 heteroatoms. The van der Waals surface area contributed by atoms with Gasteiger partial charge in [-0.2, -0.15) is 0 Å². The lowest BCUT2D eigenvalue weighted by atomic mass is 10.2. The summed E-state index contributed by atoms with van der Waals surface area (Å²) >= 11 is 11.8. The van der Waals surface area contributed by atoms with Crippen molar-refractivity contribution in [2.75, 3.05) is 24.3 Å². The highest BCUT2D eigenvalue weighted by Crippen LogP contribution is 2.27.